The largest absolute Gasteiger partial charge is 0.504 e. The van der Waals surface area contributed by atoms with E-state index in [1.807, 2.05) is 18.3 Å². The molecule has 3 aromatic rings. The first-order valence-electron chi connectivity index (χ1n) is 24.4. The third-order valence-electron chi connectivity index (χ3n) is 14.5. The Morgan fingerprint density at radius 2 is 1.68 bits per heavy atom. The highest BCUT2D eigenvalue weighted by molar-refractivity contribution is 6.07. The molecule has 1 aliphatic carbocycles. The summed E-state index contributed by atoms with van der Waals surface area (Å²) in [5.41, 5.74) is 13.5. The number of benzene rings is 3. The van der Waals surface area contributed by atoms with Crippen LogP contribution in [0.4, 0.5) is 0 Å². The van der Waals surface area contributed by atoms with Crippen molar-refractivity contribution in [2.45, 2.75) is 102 Å². The fraction of sp³-hybridized carbons (Fsp3) is 0.491. The van der Waals surface area contributed by atoms with Crippen LogP contribution in [0.1, 0.15) is 92.0 Å². The second kappa shape index (κ2) is 24.8. The van der Waals surface area contributed by atoms with Crippen molar-refractivity contribution in [3.8, 4) is 11.5 Å². The van der Waals surface area contributed by atoms with Crippen LogP contribution < -0.4 is 26.4 Å². The Morgan fingerprint density at radius 1 is 0.909 bits per heavy atom. The molecule has 3 aliphatic heterocycles. The van der Waals surface area contributed by atoms with Crippen molar-refractivity contribution >= 4 is 17.1 Å². The maximum Gasteiger partial charge on any atom is 0.186 e. The van der Waals surface area contributed by atoms with Gasteiger partial charge in [0.15, 0.2) is 24.1 Å². The number of phenolic OH excluding ortho intramolecular Hbond substituents is 1. The lowest BCUT2D eigenvalue weighted by atomic mass is 9.60. The van der Waals surface area contributed by atoms with E-state index in [-0.39, 0.29) is 48.5 Å². The number of aliphatic hydroxyl groups excluding tert-OH is 3. The number of aliphatic hydroxyl groups is 3. The fourth-order valence-electron chi connectivity index (χ4n) is 11.3. The van der Waals surface area contributed by atoms with Gasteiger partial charge in [-0.05, 0) is 182 Å². The van der Waals surface area contributed by atoms with Crippen LogP contribution in [0.3, 0.4) is 0 Å². The van der Waals surface area contributed by atoms with E-state index in [2.05, 4.69) is 76.6 Å². The van der Waals surface area contributed by atoms with E-state index in [1.165, 1.54) is 47.7 Å². The van der Waals surface area contributed by atoms with Crippen molar-refractivity contribution in [3.63, 3.8) is 0 Å². The van der Waals surface area contributed by atoms with Gasteiger partial charge in [0.2, 0.25) is 0 Å². The number of nitrogens with one attached hydrogen (secondary N) is 3. The third-order valence-corrected chi connectivity index (χ3v) is 14.5. The predicted molar refractivity (Wildman–Crippen MR) is 260 cm³/mol. The van der Waals surface area contributed by atoms with Crippen LogP contribution in [-0.4, -0.2) is 83.8 Å². The number of nitrogens with two attached hydrogens (primary N) is 1. The maximum atomic E-state index is 13.6. The predicted octanol–water partition coefficient (Wildman–Crippen LogP) is 6.62. The molecule has 3 aromatic carbocycles. The Balaban J connectivity index is 0.989. The van der Waals surface area contributed by atoms with Crippen molar-refractivity contribution in [1.29, 1.82) is 0 Å². The number of ether oxygens (including phenoxy) is 1. The lowest BCUT2D eigenvalue weighted by Gasteiger charge is -2.51. The highest BCUT2D eigenvalue weighted by Crippen LogP contribution is 2.46. The van der Waals surface area contributed by atoms with Gasteiger partial charge in [-0.1, -0.05) is 73.2 Å². The number of Topliss-reactive ketones (excluding diaryl/α,β-unsaturated/α-hetero) is 1. The van der Waals surface area contributed by atoms with E-state index in [0.29, 0.717) is 59.6 Å². The molecule has 4 aliphatic rings. The van der Waals surface area contributed by atoms with E-state index in [0.717, 1.165) is 82.1 Å². The van der Waals surface area contributed by atoms with E-state index in [4.69, 9.17) is 10.5 Å². The zero-order valence-electron chi connectivity index (χ0n) is 38.5. The average Bonchev–Trinajstić information content (AvgIpc) is 3.33. The summed E-state index contributed by atoms with van der Waals surface area (Å²) < 4.78 is 5.33. The second-order valence-corrected chi connectivity index (χ2v) is 19.0. The lowest BCUT2D eigenvalue weighted by molar-refractivity contribution is -0.124. The number of fused-ring (bicyclic) bond motifs is 2. The number of rotatable bonds is 24. The molecule has 354 valence electrons. The molecule has 9 N–H and O–H groups in total. The van der Waals surface area contributed by atoms with Gasteiger partial charge in [-0.3, -0.25) is 9.59 Å². The number of dihydropyridines is 1. The van der Waals surface area contributed by atoms with Crippen LogP contribution in [0, 0.1) is 29.6 Å². The second-order valence-electron chi connectivity index (χ2n) is 19.0. The normalized spacial score (nSPS) is 23.2. The van der Waals surface area contributed by atoms with E-state index < -0.39 is 19.2 Å². The van der Waals surface area contributed by atoms with Gasteiger partial charge in [0.1, 0.15) is 5.78 Å². The number of carbonyl (C=O) groups is 2. The van der Waals surface area contributed by atoms with Crippen molar-refractivity contribution < 1.29 is 34.8 Å². The molecule has 1 saturated carbocycles. The Hall–Kier alpha value is -4.88. The summed E-state index contributed by atoms with van der Waals surface area (Å²) in [6.07, 6.45) is 20.0. The Morgan fingerprint density at radius 3 is 2.47 bits per heavy atom. The molecule has 0 amide bonds. The standard InChI is InChI=1S/C55H72N4O7/c56-54-30-41(19-18-40-11-4-10-39(24-40)17-16-37-8-2-1-3-9-37)44(34-59-54)27-43-29-52(65)53(66-36-62)32-50(43)46(35-61)28-48(64)31-47(63)15-5-12-38(13-7-23-60)25-51-49-20-22-57-33-45(49)26-42-14-6-21-58-55(42)51/h1-4,6,8-11,14,24,28-30,32,34,38,42,45,49,51,54-55,57-62,65H,5,7,12-13,15-23,25-27,31,33,35-36,56H2/b46-28+/t38-,42+,45+,49-,51+,54?,55-/m1/s1. The SMILES string of the molecule is NC1C=C(CCc2cccc(CCc3ccccc3)c2)C(Cc2cc(O)c(OCO)cc2/C(=C/C(=O)CC(=O)CCC[C@H](CCCO)C[C@H]2[C@@H]3CCNC[C@@H]3C[C@@H]3C=CCN[C@@H]23)CO)=CN1. The average molecular weight is 901 g/mol. The first-order valence-corrected chi connectivity index (χ1v) is 24.4. The molecule has 0 spiro atoms. The number of hydrogen-bond acceptors (Lipinski definition) is 11. The number of ketones is 2. The molecular weight excluding hydrogens is 829 g/mol. The molecule has 1 saturated heterocycles. The zero-order valence-corrected chi connectivity index (χ0v) is 38.5. The first-order chi connectivity index (χ1) is 32.2. The van der Waals surface area contributed by atoms with Crippen LogP contribution in [-0.2, 0) is 35.3 Å². The topological polar surface area (TPSA) is 186 Å². The van der Waals surface area contributed by atoms with Crippen molar-refractivity contribution in [2.75, 3.05) is 39.6 Å². The number of carbonyl (C=O) groups excluding carboxylic acids is 2. The van der Waals surface area contributed by atoms with Gasteiger partial charge >= 0.3 is 0 Å². The van der Waals surface area contributed by atoms with Crippen molar-refractivity contribution in [1.82, 2.24) is 16.0 Å². The molecular formula is C55H72N4O7. The van der Waals surface area contributed by atoms with E-state index >= 15 is 0 Å². The van der Waals surface area contributed by atoms with Gasteiger partial charge in [-0.15, -0.1) is 0 Å². The summed E-state index contributed by atoms with van der Waals surface area (Å²) >= 11 is 0. The summed E-state index contributed by atoms with van der Waals surface area (Å²) in [4.78, 5) is 27.0. The first kappa shape index (κ1) is 49.0. The minimum Gasteiger partial charge on any atom is -0.504 e. The molecule has 3 heterocycles. The Bertz CT molecular complexity index is 2200. The minimum atomic E-state index is -0.680. The fourth-order valence-corrected chi connectivity index (χ4v) is 11.3. The highest BCUT2D eigenvalue weighted by Gasteiger charge is 2.45. The summed E-state index contributed by atoms with van der Waals surface area (Å²) in [5.74, 6) is 2.09. The smallest absolute Gasteiger partial charge is 0.186 e. The van der Waals surface area contributed by atoms with Crippen LogP contribution >= 0.6 is 0 Å². The summed E-state index contributed by atoms with van der Waals surface area (Å²) in [6, 6.07) is 22.7. The van der Waals surface area contributed by atoms with Gasteiger partial charge in [-0.2, -0.15) is 0 Å². The third kappa shape index (κ3) is 13.6. The number of aryl methyl sites for hydroxylation is 3. The van der Waals surface area contributed by atoms with Crippen molar-refractivity contribution in [3.05, 3.63) is 136 Å². The molecule has 1 unspecified atom stereocenters. The van der Waals surface area contributed by atoms with Crippen LogP contribution in [0.2, 0.25) is 0 Å². The molecule has 11 nitrogen and oxygen atoms in total. The monoisotopic (exact) mass is 901 g/mol. The molecule has 0 bridgehead atoms. The minimum absolute atomic E-state index is 0.00529. The van der Waals surface area contributed by atoms with Gasteiger partial charge in [0, 0.05) is 31.8 Å². The molecule has 11 heteroatoms. The van der Waals surface area contributed by atoms with Crippen molar-refractivity contribution in [2.24, 2.45) is 35.3 Å². The van der Waals surface area contributed by atoms with Gasteiger partial charge < -0.3 is 46.8 Å². The number of aromatic hydroxyl groups is 1. The van der Waals surface area contributed by atoms with Crippen LogP contribution in [0.25, 0.3) is 5.57 Å². The highest BCUT2D eigenvalue weighted by atomic mass is 16.6. The quantitative estimate of drug-likeness (QED) is 0.0209. The van der Waals surface area contributed by atoms with Crippen LogP contribution in [0.15, 0.2) is 108 Å². The Labute approximate surface area is 391 Å². The number of hydrogen-bond donors (Lipinski definition) is 8. The summed E-state index contributed by atoms with van der Waals surface area (Å²) in [7, 11) is 0. The summed E-state index contributed by atoms with van der Waals surface area (Å²) in [5, 5.41) is 51.7. The number of allylic oxidation sites excluding steroid dienone is 3. The summed E-state index contributed by atoms with van der Waals surface area (Å²) in [6.45, 7) is 2.02. The molecule has 7 rings (SSSR count). The van der Waals surface area contributed by atoms with E-state index in [9.17, 15) is 30.0 Å². The lowest BCUT2D eigenvalue weighted by Crippen LogP contribution is -2.56. The molecule has 7 atom stereocenters. The van der Waals surface area contributed by atoms with Gasteiger partial charge in [0.25, 0.3) is 0 Å². The molecule has 0 radical (unpaired) electrons. The maximum absolute atomic E-state index is 13.6. The molecule has 66 heavy (non-hydrogen) atoms. The number of phenols is 1. The molecule has 2 fully saturated rings. The Kier molecular flexibility index (Phi) is 18.4. The van der Waals surface area contributed by atoms with Gasteiger partial charge in [-0.25, -0.2) is 0 Å². The van der Waals surface area contributed by atoms with Gasteiger partial charge in [0.05, 0.1) is 19.2 Å². The zero-order chi connectivity index (χ0) is 46.3. The van der Waals surface area contributed by atoms with Crippen LogP contribution in [0.5, 0.6) is 11.5 Å². The van der Waals surface area contributed by atoms with E-state index in [1.54, 1.807) is 0 Å². The number of piperidine rings is 1. The molecule has 0 aromatic heterocycles.